The molecule has 0 saturated heterocycles. The van der Waals surface area contributed by atoms with Crippen molar-refractivity contribution < 1.29 is 23.8 Å². The first-order valence-corrected chi connectivity index (χ1v) is 8.08. The Hall–Kier alpha value is -2.08. The second-order valence-electron chi connectivity index (χ2n) is 6.26. The molecule has 1 fully saturated rings. The fourth-order valence-electron chi connectivity index (χ4n) is 3.29. The molecule has 1 saturated carbocycles. The number of benzene rings is 1. The van der Waals surface area contributed by atoms with Crippen LogP contribution in [0.5, 0.6) is 5.75 Å². The molecule has 1 aliphatic rings. The Balaban J connectivity index is 2.23. The van der Waals surface area contributed by atoms with Gasteiger partial charge < -0.3 is 19.5 Å². The van der Waals surface area contributed by atoms with Crippen molar-refractivity contribution in [2.75, 3.05) is 26.6 Å². The van der Waals surface area contributed by atoms with Gasteiger partial charge in [-0.3, -0.25) is 4.79 Å². The van der Waals surface area contributed by atoms with E-state index in [1.807, 2.05) is 0 Å². The highest BCUT2D eigenvalue weighted by Crippen LogP contribution is 2.36. The predicted octanol–water partition coefficient (Wildman–Crippen LogP) is 3.02. The van der Waals surface area contributed by atoms with Crippen molar-refractivity contribution in [3.8, 4) is 5.75 Å². The Morgan fingerprint density at radius 3 is 2.58 bits per heavy atom. The average molecular weight is 335 g/mol. The van der Waals surface area contributed by atoms with Gasteiger partial charge in [0.2, 0.25) is 0 Å². The summed E-state index contributed by atoms with van der Waals surface area (Å²) in [5.74, 6) is 0.131. The minimum absolute atomic E-state index is 0.183. The molecular formula is C18H25NO5. The van der Waals surface area contributed by atoms with Crippen molar-refractivity contribution >= 4 is 17.6 Å². The zero-order valence-electron chi connectivity index (χ0n) is 14.7. The molecule has 132 valence electrons. The number of carbonyl (C=O) groups excluding carboxylic acids is 2. The van der Waals surface area contributed by atoms with Crippen LogP contribution in [0.1, 0.15) is 43.0 Å². The lowest BCUT2D eigenvalue weighted by molar-refractivity contribution is -0.143. The Labute approximate surface area is 142 Å². The molecule has 6 nitrogen and oxygen atoms in total. The first-order valence-electron chi connectivity index (χ1n) is 8.08. The number of anilines is 1. The highest BCUT2D eigenvalue weighted by atomic mass is 16.5. The molecule has 1 aromatic rings. The topological polar surface area (TPSA) is 73.9 Å². The molecule has 0 aromatic heterocycles. The smallest absolute Gasteiger partial charge is 0.341 e. The van der Waals surface area contributed by atoms with E-state index in [4.69, 9.17) is 14.2 Å². The van der Waals surface area contributed by atoms with Gasteiger partial charge in [0.15, 0.2) is 0 Å². The molecule has 0 aliphatic heterocycles. The van der Waals surface area contributed by atoms with Crippen molar-refractivity contribution in [2.45, 2.75) is 38.2 Å². The lowest BCUT2D eigenvalue weighted by Crippen LogP contribution is -2.47. The number of carbonyl (C=O) groups is 2. The Morgan fingerprint density at radius 1 is 1.25 bits per heavy atom. The fraction of sp³-hybridized carbons (Fsp3) is 0.556. The maximum Gasteiger partial charge on any atom is 0.341 e. The number of esters is 1. The SMILES string of the molecule is COC(=O)c1cc(NC(=O)[C@@]2(OC)CCC[C@@H](C)C2)ccc1OC. The number of hydrogen-bond acceptors (Lipinski definition) is 5. The molecule has 1 aromatic carbocycles. The molecule has 1 amide bonds. The quantitative estimate of drug-likeness (QED) is 0.837. The molecule has 24 heavy (non-hydrogen) atoms. The van der Waals surface area contributed by atoms with E-state index in [1.54, 1.807) is 25.3 Å². The number of hydrogen-bond donors (Lipinski definition) is 1. The van der Waals surface area contributed by atoms with Crippen LogP contribution in [0.25, 0.3) is 0 Å². The third-order valence-electron chi connectivity index (χ3n) is 4.62. The van der Waals surface area contributed by atoms with Crippen LogP contribution < -0.4 is 10.1 Å². The molecule has 1 aliphatic carbocycles. The van der Waals surface area contributed by atoms with E-state index in [1.165, 1.54) is 14.2 Å². The lowest BCUT2D eigenvalue weighted by atomic mass is 9.78. The van der Waals surface area contributed by atoms with Crippen LogP contribution in [0.2, 0.25) is 0 Å². The van der Waals surface area contributed by atoms with Crippen LogP contribution in [-0.2, 0) is 14.3 Å². The van der Waals surface area contributed by atoms with Gasteiger partial charge in [0.25, 0.3) is 5.91 Å². The average Bonchev–Trinajstić information content (AvgIpc) is 2.60. The zero-order chi connectivity index (χ0) is 17.7. The van der Waals surface area contributed by atoms with Crippen molar-refractivity contribution in [2.24, 2.45) is 5.92 Å². The summed E-state index contributed by atoms with van der Waals surface area (Å²) in [6.45, 7) is 2.13. The summed E-state index contributed by atoms with van der Waals surface area (Å²) in [5, 5.41) is 2.87. The normalized spacial score (nSPS) is 23.4. The first-order chi connectivity index (χ1) is 11.5. The number of ether oxygens (including phenoxy) is 3. The van der Waals surface area contributed by atoms with E-state index in [0.29, 0.717) is 30.2 Å². The number of methoxy groups -OCH3 is 3. The van der Waals surface area contributed by atoms with Crippen LogP contribution in [0.3, 0.4) is 0 Å². The molecule has 0 heterocycles. The summed E-state index contributed by atoms with van der Waals surface area (Å²) in [6.07, 6.45) is 3.45. The highest BCUT2D eigenvalue weighted by molar-refractivity contribution is 5.99. The maximum atomic E-state index is 12.8. The van der Waals surface area contributed by atoms with Crippen LogP contribution in [0, 0.1) is 5.92 Å². The van der Waals surface area contributed by atoms with E-state index in [9.17, 15) is 9.59 Å². The fourth-order valence-corrected chi connectivity index (χ4v) is 3.29. The number of nitrogens with one attached hydrogen (secondary N) is 1. The minimum Gasteiger partial charge on any atom is -0.496 e. The Morgan fingerprint density at radius 2 is 2.00 bits per heavy atom. The van der Waals surface area contributed by atoms with Gasteiger partial charge in [-0.2, -0.15) is 0 Å². The molecule has 6 heteroatoms. The molecular weight excluding hydrogens is 310 g/mol. The van der Waals surface area contributed by atoms with Gasteiger partial charge in [-0.25, -0.2) is 4.79 Å². The summed E-state index contributed by atoms with van der Waals surface area (Å²) in [6, 6.07) is 4.88. The second-order valence-corrected chi connectivity index (χ2v) is 6.26. The monoisotopic (exact) mass is 335 g/mol. The van der Waals surface area contributed by atoms with E-state index in [0.717, 1.165) is 12.8 Å². The van der Waals surface area contributed by atoms with Crippen molar-refractivity contribution in [1.82, 2.24) is 0 Å². The summed E-state index contributed by atoms with van der Waals surface area (Å²) < 4.78 is 15.5. The highest BCUT2D eigenvalue weighted by Gasteiger charge is 2.42. The Bertz CT molecular complexity index is 615. The van der Waals surface area contributed by atoms with Gasteiger partial charge in [0.05, 0.1) is 14.2 Å². The third-order valence-corrected chi connectivity index (χ3v) is 4.62. The Kier molecular flexibility index (Phi) is 5.83. The lowest BCUT2D eigenvalue weighted by Gasteiger charge is -2.37. The first kappa shape index (κ1) is 18.3. The van der Waals surface area contributed by atoms with Gasteiger partial charge in [0.1, 0.15) is 16.9 Å². The number of rotatable bonds is 5. The maximum absolute atomic E-state index is 12.8. The van der Waals surface area contributed by atoms with Crippen LogP contribution in [0.4, 0.5) is 5.69 Å². The molecule has 0 unspecified atom stereocenters. The zero-order valence-corrected chi connectivity index (χ0v) is 14.7. The van der Waals surface area contributed by atoms with E-state index >= 15 is 0 Å². The van der Waals surface area contributed by atoms with Gasteiger partial charge in [-0.15, -0.1) is 0 Å². The van der Waals surface area contributed by atoms with Crippen molar-refractivity contribution in [3.05, 3.63) is 23.8 Å². The summed E-state index contributed by atoms with van der Waals surface area (Å²) in [5.41, 5.74) is -0.0413. The molecule has 0 spiro atoms. The van der Waals surface area contributed by atoms with E-state index in [-0.39, 0.29) is 11.5 Å². The number of amides is 1. The molecule has 1 N–H and O–H groups in total. The largest absolute Gasteiger partial charge is 0.496 e. The minimum atomic E-state index is -0.816. The van der Waals surface area contributed by atoms with Crippen LogP contribution in [0.15, 0.2) is 18.2 Å². The van der Waals surface area contributed by atoms with Crippen LogP contribution in [-0.4, -0.2) is 38.8 Å². The molecule has 0 radical (unpaired) electrons. The van der Waals surface area contributed by atoms with Gasteiger partial charge >= 0.3 is 5.97 Å². The van der Waals surface area contributed by atoms with Gasteiger partial charge in [-0.1, -0.05) is 13.3 Å². The summed E-state index contributed by atoms with van der Waals surface area (Å²) >= 11 is 0. The van der Waals surface area contributed by atoms with E-state index in [2.05, 4.69) is 12.2 Å². The van der Waals surface area contributed by atoms with Gasteiger partial charge in [-0.05, 0) is 43.4 Å². The molecule has 2 rings (SSSR count). The standard InChI is InChI=1S/C18H25NO5/c1-12-6-5-9-18(11-12,24-4)17(21)19-13-7-8-15(22-2)14(10-13)16(20)23-3/h7-8,10,12H,5-6,9,11H2,1-4H3,(H,19,21)/t12-,18-/m1/s1. The summed E-state index contributed by atoms with van der Waals surface area (Å²) in [7, 11) is 4.35. The molecule has 0 bridgehead atoms. The second kappa shape index (κ2) is 7.66. The third kappa shape index (κ3) is 3.70. The van der Waals surface area contributed by atoms with E-state index < -0.39 is 11.6 Å². The molecule has 2 atom stereocenters. The van der Waals surface area contributed by atoms with Crippen molar-refractivity contribution in [1.29, 1.82) is 0 Å². The van der Waals surface area contributed by atoms with Crippen molar-refractivity contribution in [3.63, 3.8) is 0 Å². The van der Waals surface area contributed by atoms with Gasteiger partial charge in [0, 0.05) is 12.8 Å². The summed E-state index contributed by atoms with van der Waals surface area (Å²) in [4.78, 5) is 24.6. The predicted molar refractivity (Wildman–Crippen MR) is 90.3 cm³/mol. The van der Waals surface area contributed by atoms with Crippen LogP contribution >= 0.6 is 0 Å².